The minimum absolute atomic E-state index is 0.0446. The number of para-hydroxylation sites is 1. The molecular weight excluding hydrogens is 472 g/mol. The van der Waals surface area contributed by atoms with Crippen molar-refractivity contribution in [3.8, 4) is 11.5 Å². The number of hydrogen-bond acceptors (Lipinski definition) is 7. The molecule has 10 heteroatoms. The van der Waals surface area contributed by atoms with Gasteiger partial charge in [-0.1, -0.05) is 42.4 Å². The van der Waals surface area contributed by atoms with Gasteiger partial charge in [-0.3, -0.25) is 4.79 Å². The van der Waals surface area contributed by atoms with Crippen LogP contribution in [0.25, 0.3) is 22.4 Å². The summed E-state index contributed by atoms with van der Waals surface area (Å²) in [6.07, 6.45) is 4.52. The summed E-state index contributed by atoms with van der Waals surface area (Å²) >= 11 is 1.18. The second kappa shape index (κ2) is 9.36. The molecule has 1 fully saturated rings. The molecule has 4 aromatic rings. The van der Waals surface area contributed by atoms with Crippen LogP contribution in [0.1, 0.15) is 36.5 Å². The third-order valence-corrected chi connectivity index (χ3v) is 8.77. The van der Waals surface area contributed by atoms with Crippen LogP contribution in [0.2, 0.25) is 0 Å². The lowest BCUT2D eigenvalue weighted by molar-refractivity contribution is 0.0995. The van der Waals surface area contributed by atoms with Crippen LogP contribution in [-0.4, -0.2) is 52.0 Å². The molecule has 2 aromatic heterocycles. The molecule has 176 valence electrons. The number of carbonyl (C=O) groups is 1. The minimum atomic E-state index is -3.57. The zero-order valence-corrected chi connectivity index (χ0v) is 20.2. The van der Waals surface area contributed by atoms with Gasteiger partial charge in [-0.2, -0.15) is 4.31 Å². The number of nitrogens with one attached hydrogen (secondary N) is 1. The molecule has 0 saturated carbocycles. The van der Waals surface area contributed by atoms with Crippen LogP contribution in [0.15, 0.2) is 69.3 Å². The molecule has 3 heterocycles. The highest BCUT2D eigenvalue weighted by molar-refractivity contribution is 8.00. The number of aromatic amines is 1. The number of sulfonamides is 1. The molecule has 1 aliphatic rings. The number of piperidine rings is 1. The zero-order valence-electron chi connectivity index (χ0n) is 18.6. The van der Waals surface area contributed by atoms with Crippen LogP contribution in [-0.2, 0) is 10.0 Å². The van der Waals surface area contributed by atoms with Gasteiger partial charge in [0.15, 0.2) is 5.78 Å². The van der Waals surface area contributed by atoms with Crippen molar-refractivity contribution < 1.29 is 17.6 Å². The van der Waals surface area contributed by atoms with E-state index in [0.29, 0.717) is 24.2 Å². The largest absolute Gasteiger partial charge is 0.411 e. The molecule has 0 bridgehead atoms. The lowest BCUT2D eigenvalue weighted by atomic mass is 10.1. The smallest absolute Gasteiger partial charge is 0.277 e. The Bertz CT molecular complexity index is 1440. The van der Waals surface area contributed by atoms with Gasteiger partial charge >= 0.3 is 0 Å². The predicted molar refractivity (Wildman–Crippen MR) is 130 cm³/mol. The molecule has 34 heavy (non-hydrogen) atoms. The van der Waals surface area contributed by atoms with E-state index in [-0.39, 0.29) is 21.8 Å². The van der Waals surface area contributed by atoms with Gasteiger partial charge in [-0.15, -0.1) is 10.2 Å². The first kappa shape index (κ1) is 22.8. The van der Waals surface area contributed by atoms with Gasteiger partial charge in [0.1, 0.15) is 0 Å². The maximum Gasteiger partial charge on any atom is 0.277 e. The van der Waals surface area contributed by atoms with E-state index in [1.807, 2.05) is 24.3 Å². The van der Waals surface area contributed by atoms with E-state index in [9.17, 15) is 13.2 Å². The molecule has 1 aliphatic heterocycles. The van der Waals surface area contributed by atoms with Gasteiger partial charge in [-0.05, 0) is 44.0 Å². The Morgan fingerprint density at radius 1 is 1.09 bits per heavy atom. The van der Waals surface area contributed by atoms with E-state index in [0.717, 1.165) is 30.2 Å². The molecule has 8 nitrogen and oxygen atoms in total. The van der Waals surface area contributed by atoms with Crippen molar-refractivity contribution in [1.29, 1.82) is 0 Å². The van der Waals surface area contributed by atoms with E-state index in [2.05, 4.69) is 15.2 Å². The molecule has 0 spiro atoms. The molecule has 0 amide bonds. The normalized spacial score (nSPS) is 16.0. The Labute approximate surface area is 201 Å². The number of carbonyl (C=O) groups excluding carboxylic acids is 1. The Hall–Kier alpha value is -2.95. The number of thioether (sulfide) groups is 1. The Morgan fingerprint density at radius 2 is 1.88 bits per heavy atom. The molecule has 0 radical (unpaired) electrons. The van der Waals surface area contributed by atoms with E-state index < -0.39 is 15.3 Å². The van der Waals surface area contributed by atoms with E-state index >= 15 is 0 Å². The van der Waals surface area contributed by atoms with Crippen molar-refractivity contribution in [2.24, 2.45) is 0 Å². The fourth-order valence-electron chi connectivity index (χ4n) is 4.12. The average Bonchev–Trinajstić information content (AvgIpc) is 3.51. The average molecular weight is 497 g/mol. The van der Waals surface area contributed by atoms with E-state index in [1.54, 1.807) is 37.4 Å². The number of benzene rings is 2. The number of H-pyrrole nitrogens is 1. The summed E-state index contributed by atoms with van der Waals surface area (Å²) in [4.78, 5) is 16.3. The topological polar surface area (TPSA) is 109 Å². The lowest BCUT2D eigenvalue weighted by Crippen LogP contribution is -2.35. The second-order valence-electron chi connectivity index (χ2n) is 8.24. The van der Waals surface area contributed by atoms with Gasteiger partial charge < -0.3 is 9.40 Å². The summed E-state index contributed by atoms with van der Waals surface area (Å²) in [5.74, 6) is 0.168. The fourth-order valence-corrected chi connectivity index (χ4v) is 6.43. The van der Waals surface area contributed by atoms with Crippen LogP contribution in [0.3, 0.4) is 0 Å². The molecule has 1 saturated heterocycles. The van der Waals surface area contributed by atoms with E-state index in [1.165, 1.54) is 16.1 Å². The number of Topliss-reactive ketones (excluding diaryl/α,β-unsaturated/α-hetero) is 1. The monoisotopic (exact) mass is 496 g/mol. The van der Waals surface area contributed by atoms with Crippen LogP contribution in [0, 0.1) is 0 Å². The molecule has 0 aliphatic carbocycles. The first-order valence-corrected chi connectivity index (χ1v) is 13.5. The number of ketones is 1. The van der Waals surface area contributed by atoms with Gasteiger partial charge in [0.05, 0.1) is 10.1 Å². The first-order valence-electron chi connectivity index (χ1n) is 11.1. The van der Waals surface area contributed by atoms with Crippen molar-refractivity contribution in [2.45, 2.75) is 41.6 Å². The quantitative estimate of drug-likeness (QED) is 0.290. The van der Waals surface area contributed by atoms with Crippen LogP contribution in [0.5, 0.6) is 0 Å². The predicted octanol–water partition coefficient (Wildman–Crippen LogP) is 4.76. The summed E-state index contributed by atoms with van der Waals surface area (Å²) in [5.41, 5.74) is 2.04. The van der Waals surface area contributed by atoms with Gasteiger partial charge in [0.2, 0.25) is 15.9 Å². The standard InChI is InChI=1S/C24H24N4O4S2/c1-16(22(29)20-15-25-21-11-4-3-10-19(20)21)33-24-27-26-23(32-24)17-8-7-9-18(14-17)34(30,31)28-12-5-2-6-13-28/h3-4,7-11,14-16,25H,2,5-6,12-13H2,1H3. The lowest BCUT2D eigenvalue weighted by Gasteiger charge is -2.25. The third-order valence-electron chi connectivity index (χ3n) is 5.94. The number of nitrogens with zero attached hydrogens (tertiary/aromatic N) is 3. The summed E-state index contributed by atoms with van der Waals surface area (Å²) in [6.45, 7) is 2.87. The highest BCUT2D eigenvalue weighted by Crippen LogP contribution is 2.31. The summed E-state index contributed by atoms with van der Waals surface area (Å²) in [6, 6.07) is 14.2. The highest BCUT2D eigenvalue weighted by Gasteiger charge is 2.27. The van der Waals surface area contributed by atoms with Crippen molar-refractivity contribution in [3.05, 3.63) is 60.3 Å². The van der Waals surface area contributed by atoms with Gasteiger partial charge in [-0.25, -0.2) is 8.42 Å². The maximum absolute atomic E-state index is 13.0. The van der Waals surface area contributed by atoms with Crippen molar-refractivity contribution in [1.82, 2.24) is 19.5 Å². The van der Waals surface area contributed by atoms with Crippen molar-refractivity contribution in [2.75, 3.05) is 13.1 Å². The zero-order chi connectivity index (χ0) is 23.7. The Morgan fingerprint density at radius 3 is 2.71 bits per heavy atom. The fraction of sp³-hybridized carbons (Fsp3) is 0.292. The second-order valence-corrected chi connectivity index (χ2v) is 11.5. The summed E-state index contributed by atoms with van der Waals surface area (Å²) in [5, 5.41) is 8.83. The number of hydrogen-bond donors (Lipinski definition) is 1. The number of rotatable bonds is 7. The molecular formula is C24H24N4O4S2. The van der Waals surface area contributed by atoms with Gasteiger partial charge in [0, 0.05) is 41.3 Å². The summed E-state index contributed by atoms with van der Waals surface area (Å²) < 4.78 is 33.3. The molecule has 5 rings (SSSR count). The molecule has 2 aromatic carbocycles. The SMILES string of the molecule is CC(Sc1nnc(-c2cccc(S(=O)(=O)N3CCCCC3)c2)o1)C(=O)c1c[nH]c2ccccc12. The molecule has 1 atom stereocenters. The third kappa shape index (κ3) is 4.40. The number of fused-ring (bicyclic) bond motifs is 1. The van der Waals surface area contributed by atoms with Gasteiger partial charge in [0.25, 0.3) is 5.22 Å². The minimum Gasteiger partial charge on any atom is -0.411 e. The van der Waals surface area contributed by atoms with Crippen molar-refractivity contribution >= 4 is 38.5 Å². The molecule has 1 N–H and O–H groups in total. The van der Waals surface area contributed by atoms with Crippen molar-refractivity contribution in [3.63, 3.8) is 0 Å². The number of aromatic nitrogens is 3. The van der Waals surface area contributed by atoms with Crippen LogP contribution >= 0.6 is 11.8 Å². The highest BCUT2D eigenvalue weighted by atomic mass is 32.2. The van der Waals surface area contributed by atoms with E-state index in [4.69, 9.17) is 4.42 Å². The Balaban J connectivity index is 1.33. The first-order chi connectivity index (χ1) is 16.4. The Kier molecular flexibility index (Phi) is 6.28. The molecule has 1 unspecified atom stereocenters. The maximum atomic E-state index is 13.0. The van der Waals surface area contributed by atoms with Crippen LogP contribution < -0.4 is 0 Å². The summed E-state index contributed by atoms with van der Waals surface area (Å²) in [7, 11) is -3.57. The van der Waals surface area contributed by atoms with Crippen LogP contribution in [0.4, 0.5) is 0 Å².